The van der Waals surface area contributed by atoms with Gasteiger partial charge >= 0.3 is 8.25 Å². The van der Waals surface area contributed by atoms with Crippen molar-refractivity contribution in [2.45, 2.75) is 63.1 Å². The highest BCUT2D eigenvalue weighted by Crippen LogP contribution is 2.36. The molecule has 3 N–H and O–H groups in total. The van der Waals surface area contributed by atoms with Gasteiger partial charge in [0.2, 0.25) is 11.8 Å². The molecule has 3 rings (SSSR count). The fourth-order valence-electron chi connectivity index (χ4n) is 4.67. The van der Waals surface area contributed by atoms with Crippen LogP contribution in [0.5, 0.6) is 0 Å². The smallest absolute Gasteiger partial charge is 0.353 e. The summed E-state index contributed by atoms with van der Waals surface area (Å²) in [5.74, 6) is -0.364. The van der Waals surface area contributed by atoms with Crippen LogP contribution in [-0.2, 0) is 31.7 Å². The maximum atomic E-state index is 12.5. The fourth-order valence-corrected chi connectivity index (χ4v) is 5.15. The molecule has 2 aromatic rings. The molecule has 0 heterocycles. The monoisotopic (exact) mass is 534 g/mol. The zero-order valence-electron chi connectivity index (χ0n) is 20.7. The molecule has 0 aromatic heterocycles. The van der Waals surface area contributed by atoms with Crippen LogP contribution in [0.4, 0.5) is 5.69 Å². The van der Waals surface area contributed by atoms with Gasteiger partial charge in [-0.3, -0.25) is 9.59 Å². The third-order valence-corrected chi connectivity index (χ3v) is 7.40. The van der Waals surface area contributed by atoms with E-state index >= 15 is 0 Å². The Morgan fingerprint density at radius 1 is 1.08 bits per heavy atom. The van der Waals surface area contributed by atoms with Crippen LogP contribution in [0.25, 0.3) is 0 Å². The number of amides is 2. The van der Waals surface area contributed by atoms with Crippen molar-refractivity contribution in [3.05, 3.63) is 64.7 Å². The van der Waals surface area contributed by atoms with Gasteiger partial charge in [0.1, 0.15) is 6.61 Å². The molecule has 1 fully saturated rings. The van der Waals surface area contributed by atoms with Crippen LogP contribution < -0.4 is 10.6 Å². The highest BCUT2D eigenvalue weighted by molar-refractivity contribution is 7.32. The van der Waals surface area contributed by atoms with Crippen molar-refractivity contribution in [3.8, 4) is 0 Å². The fraction of sp³-hybridized carbons (Fsp3) is 0.462. The normalized spacial score (nSPS) is 20.1. The van der Waals surface area contributed by atoms with E-state index in [0.29, 0.717) is 11.3 Å². The van der Waals surface area contributed by atoms with Crippen LogP contribution in [-0.4, -0.2) is 47.3 Å². The Hall–Kier alpha value is -2.35. The van der Waals surface area contributed by atoms with E-state index in [1.165, 1.54) is 5.56 Å². The molecule has 1 aliphatic carbocycles. The van der Waals surface area contributed by atoms with E-state index in [1.807, 2.05) is 18.2 Å². The van der Waals surface area contributed by atoms with E-state index in [0.717, 1.165) is 37.1 Å². The lowest BCUT2D eigenvalue weighted by molar-refractivity contribution is -0.125. The van der Waals surface area contributed by atoms with Gasteiger partial charge in [0, 0.05) is 39.7 Å². The number of rotatable bonds is 11. The van der Waals surface area contributed by atoms with Crippen molar-refractivity contribution < 1.29 is 23.6 Å². The lowest BCUT2D eigenvalue weighted by atomic mass is 9.75. The number of nitrogens with zero attached hydrogens (tertiary/aromatic N) is 1. The van der Waals surface area contributed by atoms with Crippen LogP contribution in [0.3, 0.4) is 0 Å². The number of hydrogen-bond donors (Lipinski definition) is 3. The molecular formula is C26H34ClN3O5P+. The minimum absolute atomic E-state index is 0.0114. The Balaban J connectivity index is 1.41. The predicted molar refractivity (Wildman–Crippen MR) is 141 cm³/mol. The number of benzene rings is 2. The van der Waals surface area contributed by atoms with Crippen LogP contribution in [0, 0.1) is 0 Å². The Kier molecular flexibility index (Phi) is 10.4. The molecule has 1 saturated carbocycles. The van der Waals surface area contributed by atoms with Crippen LogP contribution >= 0.6 is 19.9 Å². The van der Waals surface area contributed by atoms with Crippen LogP contribution in [0.2, 0.25) is 5.02 Å². The van der Waals surface area contributed by atoms with E-state index < -0.39 is 8.25 Å². The van der Waals surface area contributed by atoms with Crippen molar-refractivity contribution in [2.24, 2.45) is 0 Å². The minimum atomic E-state index is -2.65. The molecule has 194 valence electrons. The van der Waals surface area contributed by atoms with Crippen LogP contribution in [0.15, 0.2) is 48.5 Å². The Labute approximate surface area is 218 Å². The summed E-state index contributed by atoms with van der Waals surface area (Å²) in [7, 11) is 1.58. The van der Waals surface area contributed by atoms with Crippen molar-refractivity contribution in [1.29, 1.82) is 0 Å². The first-order chi connectivity index (χ1) is 17.1. The topological polar surface area (TPSA) is 108 Å². The third-order valence-electron chi connectivity index (χ3n) is 6.81. The summed E-state index contributed by atoms with van der Waals surface area (Å²) >= 11 is 6.18. The van der Waals surface area contributed by atoms with E-state index in [2.05, 4.69) is 40.2 Å². The van der Waals surface area contributed by atoms with E-state index in [-0.39, 0.29) is 42.8 Å². The van der Waals surface area contributed by atoms with Crippen molar-refractivity contribution in [1.82, 2.24) is 10.2 Å². The Bertz CT molecular complexity index is 1060. The number of anilines is 1. The molecule has 8 nitrogen and oxygen atoms in total. The Morgan fingerprint density at radius 2 is 1.75 bits per heavy atom. The Morgan fingerprint density at radius 3 is 2.36 bits per heavy atom. The van der Waals surface area contributed by atoms with Gasteiger partial charge in [-0.25, -0.2) is 0 Å². The van der Waals surface area contributed by atoms with Gasteiger partial charge in [0.05, 0.1) is 0 Å². The lowest BCUT2D eigenvalue weighted by Gasteiger charge is -2.45. The first-order valence-corrected chi connectivity index (χ1v) is 13.6. The van der Waals surface area contributed by atoms with Gasteiger partial charge < -0.3 is 15.5 Å². The summed E-state index contributed by atoms with van der Waals surface area (Å²) in [4.78, 5) is 35.7. The summed E-state index contributed by atoms with van der Waals surface area (Å²) < 4.78 is 15.3. The summed E-state index contributed by atoms with van der Waals surface area (Å²) in [5, 5.41) is 6.61. The molecule has 0 spiro atoms. The third kappa shape index (κ3) is 8.64. The van der Waals surface area contributed by atoms with Crippen molar-refractivity contribution in [2.75, 3.05) is 19.4 Å². The molecule has 10 heteroatoms. The summed E-state index contributed by atoms with van der Waals surface area (Å²) in [6.45, 7) is 0.0114. The molecule has 0 aliphatic heterocycles. The molecule has 36 heavy (non-hydrogen) atoms. The van der Waals surface area contributed by atoms with Crippen LogP contribution in [0.1, 0.15) is 49.7 Å². The number of hydrogen-bond acceptors (Lipinski definition) is 5. The number of halogens is 1. The molecule has 0 radical (unpaired) electrons. The number of nitrogens with one attached hydrogen (secondary N) is 2. The second-order valence-electron chi connectivity index (χ2n) is 9.52. The standard InChI is InChI=1S/C26H33ClN3O5P/c1-30(2)26(17-20-4-3-5-21(27)16-20)14-12-23(13-15-26)29-25(32)11-10-24(31)28-22-8-6-19(7-9-22)18-35-36(33)34/h3-9,16,23H,10-15,17-18H2,1-2H3,(H2-,28,29,31,32,33,34)/p+1. The molecule has 1 aliphatic rings. The predicted octanol–water partition coefficient (Wildman–Crippen LogP) is 4.83. The van der Waals surface area contributed by atoms with E-state index in [4.69, 9.17) is 16.5 Å². The van der Waals surface area contributed by atoms with Gasteiger partial charge in [-0.1, -0.05) is 35.9 Å². The SMILES string of the molecule is CN(C)C1(Cc2cccc(Cl)c2)CCC(NC(=O)CCC(=O)Nc2ccc(CO[P+](=O)O)cc2)CC1. The summed E-state index contributed by atoms with van der Waals surface area (Å²) in [6.07, 6.45) is 4.83. The highest BCUT2D eigenvalue weighted by Gasteiger charge is 2.37. The van der Waals surface area contributed by atoms with E-state index in [9.17, 15) is 14.2 Å². The largest absolute Gasteiger partial charge is 0.695 e. The molecule has 2 aromatic carbocycles. The summed E-state index contributed by atoms with van der Waals surface area (Å²) in [5.41, 5.74) is 2.55. The van der Waals surface area contributed by atoms with Crippen molar-refractivity contribution >= 4 is 37.4 Å². The van der Waals surface area contributed by atoms with Gasteiger partial charge in [-0.05, 0) is 81.6 Å². The number of carbonyl (C=O) groups excluding carboxylic acids is 2. The minimum Gasteiger partial charge on any atom is -0.353 e. The van der Waals surface area contributed by atoms with E-state index in [1.54, 1.807) is 24.3 Å². The second-order valence-corrected chi connectivity index (χ2v) is 10.7. The lowest BCUT2D eigenvalue weighted by Crippen LogP contribution is -2.52. The van der Waals surface area contributed by atoms with Gasteiger partial charge in [-0.15, -0.1) is 9.42 Å². The highest BCUT2D eigenvalue weighted by atomic mass is 35.5. The average molecular weight is 535 g/mol. The maximum Gasteiger partial charge on any atom is 0.695 e. The maximum absolute atomic E-state index is 12.5. The average Bonchev–Trinajstić information content (AvgIpc) is 2.83. The van der Waals surface area contributed by atoms with Gasteiger partial charge in [0.25, 0.3) is 0 Å². The summed E-state index contributed by atoms with van der Waals surface area (Å²) in [6, 6.07) is 14.9. The number of likely N-dealkylation sites (N-methyl/N-ethyl adjacent to an activating group) is 1. The number of carbonyl (C=O) groups is 2. The molecule has 2 amide bonds. The zero-order chi connectivity index (χ0) is 26.1. The molecule has 1 atom stereocenters. The first-order valence-electron chi connectivity index (χ1n) is 12.0. The quantitative estimate of drug-likeness (QED) is 0.356. The second kappa shape index (κ2) is 13.3. The molecule has 1 unspecified atom stereocenters. The van der Waals surface area contributed by atoms with Crippen molar-refractivity contribution in [3.63, 3.8) is 0 Å². The molecule has 0 bridgehead atoms. The van der Waals surface area contributed by atoms with Gasteiger partial charge in [0.15, 0.2) is 0 Å². The zero-order valence-corrected chi connectivity index (χ0v) is 22.4. The van der Waals surface area contributed by atoms with Gasteiger partial charge in [-0.2, -0.15) is 0 Å². The first kappa shape index (κ1) is 28.2. The molecule has 0 saturated heterocycles. The molecular weight excluding hydrogens is 501 g/mol.